The van der Waals surface area contributed by atoms with Gasteiger partial charge in [-0.3, -0.25) is 0 Å². The van der Waals surface area contributed by atoms with Crippen LogP contribution in [-0.2, 0) is 4.79 Å². The molecule has 29 heavy (non-hydrogen) atoms. The van der Waals surface area contributed by atoms with Gasteiger partial charge in [-0.15, -0.1) is 0 Å². The van der Waals surface area contributed by atoms with Gasteiger partial charge in [0.2, 0.25) is 0 Å². The molecule has 152 valence electrons. The van der Waals surface area contributed by atoms with Crippen LogP contribution in [0.1, 0.15) is 42.3 Å². The molecule has 3 rings (SSSR count). The number of aliphatic carboxylic acids is 1. The zero-order chi connectivity index (χ0) is 21.3. The van der Waals surface area contributed by atoms with Gasteiger partial charge >= 0.3 is 5.97 Å². The molecule has 8 nitrogen and oxygen atoms in total. The van der Waals surface area contributed by atoms with Crippen molar-refractivity contribution in [3.63, 3.8) is 0 Å². The fourth-order valence-corrected chi connectivity index (χ4v) is 3.53. The quantitative estimate of drug-likeness (QED) is 0.588. The van der Waals surface area contributed by atoms with Crippen molar-refractivity contribution in [3.8, 4) is 5.75 Å². The van der Waals surface area contributed by atoms with Gasteiger partial charge in [0.1, 0.15) is 17.9 Å². The molecule has 0 fully saturated rings. The van der Waals surface area contributed by atoms with E-state index in [2.05, 4.69) is 15.1 Å². The summed E-state index contributed by atoms with van der Waals surface area (Å²) in [6, 6.07) is 1.51. The molecule has 3 N–H and O–H groups in total. The van der Waals surface area contributed by atoms with E-state index in [0.29, 0.717) is 45.5 Å². The van der Waals surface area contributed by atoms with Gasteiger partial charge in [-0.2, -0.15) is 5.10 Å². The van der Waals surface area contributed by atoms with Crippen LogP contribution in [0.4, 0.5) is 5.82 Å². The number of nitrogens with zero attached hydrogens (tertiary/aromatic N) is 4. The van der Waals surface area contributed by atoms with E-state index in [4.69, 9.17) is 27.2 Å². The number of aromatic nitrogens is 4. The Kier molecular flexibility index (Phi) is 5.74. The maximum Gasteiger partial charge on any atom is 0.328 e. The predicted molar refractivity (Wildman–Crippen MR) is 112 cm³/mol. The summed E-state index contributed by atoms with van der Waals surface area (Å²) in [7, 11) is 0. The normalized spacial score (nSPS) is 12.6. The number of rotatable bonds is 6. The number of halogens is 1. The Hall–Kier alpha value is -3.13. The minimum atomic E-state index is -1.05. The fourth-order valence-electron chi connectivity index (χ4n) is 3.31. The Balaban J connectivity index is 2.25. The number of benzene rings is 1. The molecule has 1 aromatic carbocycles. The summed E-state index contributed by atoms with van der Waals surface area (Å²) in [5.74, 6) is -0.131. The van der Waals surface area contributed by atoms with Crippen molar-refractivity contribution in [2.75, 3.05) is 12.3 Å². The van der Waals surface area contributed by atoms with Gasteiger partial charge in [0.25, 0.3) is 0 Å². The van der Waals surface area contributed by atoms with Gasteiger partial charge in [-0.25, -0.2) is 19.4 Å². The Bertz CT molecular complexity index is 1120. The van der Waals surface area contributed by atoms with E-state index in [9.17, 15) is 4.79 Å². The number of carboxylic acid groups (broad SMARTS) is 1. The van der Waals surface area contributed by atoms with Crippen LogP contribution < -0.4 is 10.5 Å². The fraction of sp³-hybridized carbons (Fsp3) is 0.300. The van der Waals surface area contributed by atoms with Crippen LogP contribution in [0.25, 0.3) is 17.1 Å². The smallest absolute Gasteiger partial charge is 0.328 e. The lowest BCUT2D eigenvalue weighted by atomic mass is 9.98. The van der Waals surface area contributed by atoms with Gasteiger partial charge in [-0.1, -0.05) is 11.6 Å². The summed E-state index contributed by atoms with van der Waals surface area (Å²) in [5.41, 5.74) is 9.43. The number of nitrogen functional groups attached to an aromatic ring is 1. The second-order valence-corrected chi connectivity index (χ2v) is 6.99. The highest BCUT2D eigenvalue weighted by molar-refractivity contribution is 6.31. The minimum absolute atomic E-state index is 0.308. The van der Waals surface area contributed by atoms with Crippen LogP contribution in [0.2, 0.25) is 5.02 Å². The Morgan fingerprint density at radius 3 is 2.79 bits per heavy atom. The average Bonchev–Trinajstić information content (AvgIpc) is 3.01. The van der Waals surface area contributed by atoms with Crippen LogP contribution in [-0.4, -0.2) is 37.4 Å². The van der Waals surface area contributed by atoms with Crippen molar-refractivity contribution in [3.05, 3.63) is 45.9 Å². The zero-order valence-corrected chi connectivity index (χ0v) is 17.4. The lowest BCUT2D eigenvalue weighted by Crippen LogP contribution is -2.13. The van der Waals surface area contributed by atoms with Crippen LogP contribution in [0.5, 0.6) is 5.75 Å². The number of aryl methyl sites for hydroxylation is 1. The first-order valence-electron chi connectivity index (χ1n) is 9.08. The Labute approximate surface area is 173 Å². The maximum atomic E-state index is 11.1. The first kappa shape index (κ1) is 20.6. The maximum absolute atomic E-state index is 11.1. The molecule has 0 aliphatic rings. The Morgan fingerprint density at radius 2 is 2.14 bits per heavy atom. The van der Waals surface area contributed by atoms with Gasteiger partial charge in [0, 0.05) is 22.2 Å². The van der Waals surface area contributed by atoms with Crippen molar-refractivity contribution in [2.45, 2.75) is 33.7 Å². The average molecular weight is 416 g/mol. The summed E-state index contributed by atoms with van der Waals surface area (Å²) >= 11 is 6.47. The van der Waals surface area contributed by atoms with Gasteiger partial charge in [0.15, 0.2) is 5.65 Å². The number of carboxylic acids is 1. The third-order valence-corrected chi connectivity index (χ3v) is 5.14. The van der Waals surface area contributed by atoms with Crippen LogP contribution >= 0.6 is 11.6 Å². The lowest BCUT2D eigenvalue weighted by Gasteiger charge is -2.21. The molecular formula is C20H22ClN5O3. The molecule has 9 heteroatoms. The molecule has 0 spiro atoms. The summed E-state index contributed by atoms with van der Waals surface area (Å²) in [6.45, 7) is 7.88. The van der Waals surface area contributed by atoms with Crippen LogP contribution in [0, 0.1) is 13.8 Å². The van der Waals surface area contributed by atoms with E-state index in [-0.39, 0.29) is 6.04 Å². The molecular weight excluding hydrogens is 394 g/mol. The number of ether oxygens (including phenoxy) is 1. The highest BCUT2D eigenvalue weighted by atomic mass is 35.5. The molecule has 2 aromatic heterocycles. The molecule has 0 amide bonds. The van der Waals surface area contributed by atoms with Gasteiger partial charge in [0.05, 0.1) is 23.7 Å². The molecule has 1 atom stereocenters. The lowest BCUT2D eigenvalue weighted by molar-refractivity contribution is -0.131. The standard InChI is InChI=1S/C20H22ClN5O3/c1-5-29-18-13(6-7-16(27)28)10(2)15(21)8-14(18)12(4)26-20-17(11(3)25-26)19(22)23-9-24-20/h6-9,12H,5H2,1-4H3,(H,27,28)(H2,22,23,24)/b7-6+. The van der Waals surface area contributed by atoms with E-state index in [1.807, 2.05) is 33.8 Å². The molecule has 0 aliphatic carbocycles. The van der Waals surface area contributed by atoms with E-state index in [1.54, 1.807) is 4.68 Å². The van der Waals surface area contributed by atoms with Crippen molar-refractivity contribution >= 4 is 40.5 Å². The SMILES string of the molecule is CCOc1c(C(C)n2nc(C)c3c(N)ncnc32)cc(Cl)c(C)c1/C=C/C(=O)O. The number of nitrogens with two attached hydrogens (primary N) is 1. The molecule has 2 heterocycles. The first-order valence-corrected chi connectivity index (χ1v) is 9.46. The van der Waals surface area contributed by atoms with Crippen molar-refractivity contribution in [1.82, 2.24) is 19.7 Å². The largest absolute Gasteiger partial charge is 0.493 e. The second-order valence-electron chi connectivity index (χ2n) is 6.58. The molecule has 0 bridgehead atoms. The molecule has 3 aromatic rings. The number of fused-ring (bicyclic) bond motifs is 1. The van der Waals surface area contributed by atoms with Gasteiger partial charge < -0.3 is 15.6 Å². The third kappa shape index (κ3) is 3.75. The van der Waals surface area contributed by atoms with E-state index >= 15 is 0 Å². The second kappa shape index (κ2) is 8.08. The van der Waals surface area contributed by atoms with Crippen LogP contribution in [0.3, 0.4) is 0 Å². The topological polar surface area (TPSA) is 116 Å². The monoisotopic (exact) mass is 415 g/mol. The third-order valence-electron chi connectivity index (χ3n) is 4.74. The highest BCUT2D eigenvalue weighted by Gasteiger charge is 2.24. The van der Waals surface area contributed by atoms with Gasteiger partial charge in [-0.05, 0) is 45.4 Å². The van der Waals surface area contributed by atoms with Crippen molar-refractivity contribution < 1.29 is 14.6 Å². The number of carbonyl (C=O) groups is 1. The molecule has 0 saturated heterocycles. The number of hydrogen-bond acceptors (Lipinski definition) is 6. The zero-order valence-electron chi connectivity index (χ0n) is 16.6. The van der Waals surface area contributed by atoms with Crippen molar-refractivity contribution in [2.24, 2.45) is 0 Å². The van der Waals surface area contributed by atoms with Crippen LogP contribution in [0.15, 0.2) is 18.5 Å². The summed E-state index contributed by atoms with van der Waals surface area (Å²) in [5, 5.41) is 14.9. The van der Waals surface area contributed by atoms with E-state index < -0.39 is 5.97 Å². The summed E-state index contributed by atoms with van der Waals surface area (Å²) in [4.78, 5) is 19.5. The minimum Gasteiger partial charge on any atom is -0.493 e. The molecule has 0 saturated carbocycles. The first-order chi connectivity index (χ1) is 13.8. The molecule has 0 aliphatic heterocycles. The predicted octanol–water partition coefficient (Wildman–Crippen LogP) is 3.78. The van der Waals surface area contributed by atoms with Crippen molar-refractivity contribution in [1.29, 1.82) is 0 Å². The summed E-state index contributed by atoms with van der Waals surface area (Å²) < 4.78 is 7.67. The molecule has 1 unspecified atom stereocenters. The summed E-state index contributed by atoms with van der Waals surface area (Å²) in [6.07, 6.45) is 3.96. The number of anilines is 1. The van der Waals surface area contributed by atoms with E-state index in [1.165, 1.54) is 12.4 Å². The highest BCUT2D eigenvalue weighted by Crippen LogP contribution is 2.39. The van der Waals surface area contributed by atoms with E-state index in [0.717, 1.165) is 17.2 Å². The molecule has 0 radical (unpaired) electrons. The number of hydrogen-bond donors (Lipinski definition) is 2. The Morgan fingerprint density at radius 1 is 1.41 bits per heavy atom.